The topological polar surface area (TPSA) is 63.2 Å². The summed E-state index contributed by atoms with van der Waals surface area (Å²) in [5.74, 6) is 0.389. The van der Waals surface area contributed by atoms with Gasteiger partial charge in [0.25, 0.3) is 5.91 Å². The summed E-state index contributed by atoms with van der Waals surface area (Å²) >= 11 is 1.64. The van der Waals surface area contributed by atoms with E-state index in [2.05, 4.69) is 28.4 Å². The minimum Gasteiger partial charge on any atom is -0.484 e. The van der Waals surface area contributed by atoms with Crippen molar-refractivity contribution in [3.05, 3.63) is 46.8 Å². The van der Waals surface area contributed by atoms with Gasteiger partial charge in [-0.1, -0.05) is 19.1 Å². The first-order valence-corrected chi connectivity index (χ1v) is 9.52. The monoisotopic (exact) mass is 373 g/mol. The molecule has 2 aromatic rings. The first-order valence-electron chi connectivity index (χ1n) is 8.71. The van der Waals surface area contributed by atoms with Gasteiger partial charge in [0.15, 0.2) is 6.61 Å². The molecule has 26 heavy (non-hydrogen) atoms. The van der Waals surface area contributed by atoms with Gasteiger partial charge >= 0.3 is 0 Å². The second-order valence-corrected chi connectivity index (χ2v) is 6.95. The first kappa shape index (κ1) is 18.4. The molecule has 1 N–H and O–H groups in total. The number of carbonyl (C=O) groups is 1. The average Bonchev–Trinajstić information content (AvgIpc) is 3.16. The molecule has 1 aliphatic rings. The van der Waals surface area contributed by atoms with E-state index in [-0.39, 0.29) is 12.5 Å². The lowest BCUT2D eigenvalue weighted by Crippen LogP contribution is -2.35. The maximum atomic E-state index is 11.8. The Labute approximate surface area is 157 Å². The van der Waals surface area contributed by atoms with E-state index in [9.17, 15) is 4.79 Å². The van der Waals surface area contributed by atoms with E-state index < -0.39 is 0 Å². The van der Waals surface area contributed by atoms with E-state index >= 15 is 0 Å². The standard InChI is InChI=1S/C19H23N3O3S/c1-2-15-3-5-16(6-4-15)25-14-18(23)21-20-13-17-7-8-19(26-17)22-9-11-24-12-10-22/h3-8,13H,2,9-12,14H2,1H3,(H,21,23)/b20-13-. The van der Waals surface area contributed by atoms with E-state index in [1.54, 1.807) is 17.6 Å². The highest BCUT2D eigenvalue weighted by Crippen LogP contribution is 2.25. The van der Waals surface area contributed by atoms with Crippen LogP contribution in [-0.4, -0.2) is 45.0 Å². The Bertz CT molecular complexity index is 737. The van der Waals surface area contributed by atoms with E-state index in [1.807, 2.05) is 30.3 Å². The van der Waals surface area contributed by atoms with Crippen LogP contribution in [0.25, 0.3) is 0 Å². The minimum atomic E-state index is -0.286. The summed E-state index contributed by atoms with van der Waals surface area (Å²) in [5, 5.41) is 5.20. The molecule has 0 radical (unpaired) electrons. The normalized spacial score (nSPS) is 14.6. The second kappa shape index (κ2) is 9.35. The van der Waals surface area contributed by atoms with Gasteiger partial charge in [-0.2, -0.15) is 5.10 Å². The van der Waals surface area contributed by atoms with E-state index in [0.717, 1.165) is 37.6 Å². The molecular weight excluding hydrogens is 350 g/mol. The van der Waals surface area contributed by atoms with Crippen molar-refractivity contribution in [2.45, 2.75) is 13.3 Å². The molecule has 1 fully saturated rings. The maximum absolute atomic E-state index is 11.8. The van der Waals surface area contributed by atoms with Crippen LogP contribution in [0.15, 0.2) is 41.5 Å². The zero-order valence-corrected chi connectivity index (χ0v) is 15.6. The van der Waals surface area contributed by atoms with Gasteiger partial charge in [0.05, 0.1) is 24.4 Å². The van der Waals surface area contributed by atoms with Crippen LogP contribution in [0, 0.1) is 0 Å². The molecule has 6 nitrogen and oxygen atoms in total. The molecule has 0 saturated carbocycles. The highest BCUT2D eigenvalue weighted by atomic mass is 32.1. The van der Waals surface area contributed by atoms with Gasteiger partial charge in [-0.05, 0) is 36.2 Å². The molecular formula is C19H23N3O3S. The molecule has 0 bridgehead atoms. The van der Waals surface area contributed by atoms with Gasteiger partial charge in [0.2, 0.25) is 0 Å². The van der Waals surface area contributed by atoms with Crippen molar-refractivity contribution in [2.24, 2.45) is 5.10 Å². The van der Waals surface area contributed by atoms with Crippen molar-refractivity contribution in [2.75, 3.05) is 37.8 Å². The van der Waals surface area contributed by atoms with Crippen LogP contribution in [0.4, 0.5) is 5.00 Å². The molecule has 138 valence electrons. The Morgan fingerprint density at radius 2 is 2.04 bits per heavy atom. The molecule has 1 saturated heterocycles. The second-order valence-electron chi connectivity index (χ2n) is 5.85. The van der Waals surface area contributed by atoms with Crippen molar-refractivity contribution >= 4 is 28.5 Å². The van der Waals surface area contributed by atoms with Crippen LogP contribution in [0.2, 0.25) is 0 Å². The third-order valence-electron chi connectivity index (χ3n) is 4.02. The zero-order chi connectivity index (χ0) is 18.2. The van der Waals surface area contributed by atoms with E-state index in [0.29, 0.717) is 5.75 Å². The number of hydrogen-bond donors (Lipinski definition) is 1. The number of thiophene rings is 1. The highest BCUT2D eigenvalue weighted by Gasteiger charge is 2.12. The van der Waals surface area contributed by atoms with Crippen molar-refractivity contribution in [1.82, 2.24) is 5.43 Å². The Morgan fingerprint density at radius 3 is 2.77 bits per heavy atom. The Morgan fingerprint density at radius 1 is 1.27 bits per heavy atom. The van der Waals surface area contributed by atoms with Gasteiger partial charge in [-0.15, -0.1) is 11.3 Å². The zero-order valence-electron chi connectivity index (χ0n) is 14.8. The number of hydrogen-bond acceptors (Lipinski definition) is 6. The fourth-order valence-electron chi connectivity index (χ4n) is 2.54. The number of nitrogens with one attached hydrogen (secondary N) is 1. The van der Waals surface area contributed by atoms with Crippen LogP contribution < -0.4 is 15.1 Å². The summed E-state index contributed by atoms with van der Waals surface area (Å²) in [7, 11) is 0. The molecule has 0 unspecified atom stereocenters. The third-order valence-corrected chi connectivity index (χ3v) is 5.10. The lowest BCUT2D eigenvalue weighted by Gasteiger charge is -2.27. The number of ether oxygens (including phenoxy) is 2. The van der Waals surface area contributed by atoms with Crippen LogP contribution in [0.3, 0.4) is 0 Å². The molecule has 0 spiro atoms. The van der Waals surface area contributed by atoms with E-state index in [1.165, 1.54) is 10.6 Å². The number of carbonyl (C=O) groups excluding carboxylic acids is 1. The number of nitrogens with zero attached hydrogens (tertiary/aromatic N) is 2. The number of morpholine rings is 1. The minimum absolute atomic E-state index is 0.0632. The molecule has 3 rings (SSSR count). The van der Waals surface area contributed by atoms with Crippen molar-refractivity contribution < 1.29 is 14.3 Å². The predicted octanol–water partition coefficient (Wildman–Crippen LogP) is 2.68. The molecule has 2 heterocycles. The predicted molar refractivity (Wildman–Crippen MR) is 104 cm³/mol. The molecule has 7 heteroatoms. The van der Waals surface area contributed by atoms with Crippen molar-refractivity contribution in [3.63, 3.8) is 0 Å². The summed E-state index contributed by atoms with van der Waals surface area (Å²) in [4.78, 5) is 15.1. The van der Waals surface area contributed by atoms with Crippen molar-refractivity contribution in [1.29, 1.82) is 0 Å². The molecule has 1 aromatic heterocycles. The molecule has 1 amide bonds. The molecule has 0 atom stereocenters. The average molecular weight is 373 g/mol. The largest absolute Gasteiger partial charge is 0.484 e. The Hall–Kier alpha value is -2.38. The Balaban J connectivity index is 1.42. The number of rotatable bonds is 7. The summed E-state index contributed by atoms with van der Waals surface area (Å²) in [5.41, 5.74) is 3.73. The van der Waals surface area contributed by atoms with Gasteiger partial charge in [0.1, 0.15) is 5.75 Å². The summed E-state index contributed by atoms with van der Waals surface area (Å²) in [6.07, 6.45) is 2.63. The third kappa shape index (κ3) is 5.31. The SMILES string of the molecule is CCc1ccc(OCC(=O)N/N=C\c2ccc(N3CCOCC3)s2)cc1. The number of amides is 1. The highest BCUT2D eigenvalue weighted by molar-refractivity contribution is 7.17. The van der Waals surface area contributed by atoms with Crippen LogP contribution in [-0.2, 0) is 16.0 Å². The van der Waals surface area contributed by atoms with Crippen LogP contribution >= 0.6 is 11.3 Å². The maximum Gasteiger partial charge on any atom is 0.277 e. The fraction of sp³-hybridized carbons (Fsp3) is 0.368. The smallest absolute Gasteiger partial charge is 0.277 e. The number of hydrazone groups is 1. The Kier molecular flexibility index (Phi) is 6.62. The molecule has 0 aliphatic carbocycles. The lowest BCUT2D eigenvalue weighted by atomic mass is 10.2. The van der Waals surface area contributed by atoms with Crippen LogP contribution in [0.1, 0.15) is 17.4 Å². The lowest BCUT2D eigenvalue weighted by molar-refractivity contribution is -0.123. The van der Waals surface area contributed by atoms with Crippen LogP contribution in [0.5, 0.6) is 5.75 Å². The summed E-state index contributed by atoms with van der Waals surface area (Å²) < 4.78 is 10.8. The fourth-order valence-corrected chi connectivity index (χ4v) is 3.47. The van der Waals surface area contributed by atoms with E-state index in [4.69, 9.17) is 9.47 Å². The molecule has 1 aliphatic heterocycles. The van der Waals surface area contributed by atoms with Gasteiger partial charge in [-0.3, -0.25) is 4.79 Å². The van der Waals surface area contributed by atoms with Gasteiger partial charge in [-0.25, -0.2) is 5.43 Å². The van der Waals surface area contributed by atoms with Gasteiger partial charge in [0, 0.05) is 18.0 Å². The van der Waals surface area contributed by atoms with Gasteiger partial charge < -0.3 is 14.4 Å². The summed E-state index contributed by atoms with van der Waals surface area (Å²) in [6, 6.07) is 11.8. The molecule has 1 aromatic carbocycles. The summed E-state index contributed by atoms with van der Waals surface area (Å²) in [6.45, 7) is 5.37. The van der Waals surface area contributed by atoms with Crippen molar-refractivity contribution in [3.8, 4) is 5.75 Å². The number of benzene rings is 1. The quantitative estimate of drug-likeness (QED) is 0.599. The number of anilines is 1. The first-order chi connectivity index (χ1) is 12.7. The number of aryl methyl sites for hydroxylation is 1.